The number of anilines is 1. The second kappa shape index (κ2) is 8.60. The number of hydrogen-bond donors (Lipinski definition) is 1. The maximum atomic E-state index is 13.9. The van der Waals surface area contributed by atoms with Crippen LogP contribution in [0.5, 0.6) is 0 Å². The SMILES string of the molecule is Cc1c(Cl)cccc1-n1nc(C)c2c(C(F)(F)F)cc(=O)n(CC(=O)Nc3ccccc3F)c21. The number of benzene rings is 2. The lowest BCUT2D eigenvalue weighted by Gasteiger charge is -2.16. The third-order valence-electron chi connectivity index (χ3n) is 5.32. The average molecular weight is 493 g/mol. The van der Waals surface area contributed by atoms with Crippen molar-refractivity contribution in [2.24, 2.45) is 0 Å². The van der Waals surface area contributed by atoms with Crippen molar-refractivity contribution in [3.8, 4) is 5.69 Å². The summed E-state index contributed by atoms with van der Waals surface area (Å²) < 4.78 is 57.5. The van der Waals surface area contributed by atoms with Gasteiger partial charge in [-0.1, -0.05) is 29.8 Å². The van der Waals surface area contributed by atoms with Crippen LogP contribution in [0.3, 0.4) is 0 Å². The van der Waals surface area contributed by atoms with E-state index in [1.165, 1.54) is 29.8 Å². The van der Waals surface area contributed by atoms with Crippen molar-refractivity contribution in [3.63, 3.8) is 0 Å². The maximum absolute atomic E-state index is 13.9. The van der Waals surface area contributed by atoms with Crippen LogP contribution in [0.4, 0.5) is 23.2 Å². The summed E-state index contributed by atoms with van der Waals surface area (Å²) in [4.78, 5) is 25.5. The van der Waals surface area contributed by atoms with Crippen molar-refractivity contribution in [2.75, 3.05) is 5.32 Å². The molecule has 0 atom stereocenters. The number of nitrogens with one attached hydrogen (secondary N) is 1. The van der Waals surface area contributed by atoms with Gasteiger partial charge < -0.3 is 5.32 Å². The second-order valence-electron chi connectivity index (χ2n) is 7.59. The van der Waals surface area contributed by atoms with E-state index in [9.17, 15) is 27.2 Å². The summed E-state index contributed by atoms with van der Waals surface area (Å²) in [6, 6.07) is 10.6. The zero-order valence-electron chi connectivity index (χ0n) is 17.9. The molecule has 4 rings (SSSR count). The van der Waals surface area contributed by atoms with Gasteiger partial charge in [0.1, 0.15) is 18.0 Å². The van der Waals surface area contributed by atoms with Gasteiger partial charge in [0.05, 0.1) is 28.0 Å². The minimum Gasteiger partial charge on any atom is -0.322 e. The Morgan fingerprint density at radius 1 is 1.12 bits per heavy atom. The first kappa shape index (κ1) is 23.5. The molecule has 0 radical (unpaired) electrons. The number of amides is 1. The number of alkyl halides is 3. The maximum Gasteiger partial charge on any atom is 0.417 e. The summed E-state index contributed by atoms with van der Waals surface area (Å²) >= 11 is 6.20. The van der Waals surface area contributed by atoms with Crippen molar-refractivity contribution < 1.29 is 22.4 Å². The van der Waals surface area contributed by atoms with E-state index >= 15 is 0 Å². The number of aromatic nitrogens is 3. The van der Waals surface area contributed by atoms with Gasteiger partial charge in [0, 0.05) is 11.1 Å². The van der Waals surface area contributed by atoms with Gasteiger partial charge in [-0.2, -0.15) is 18.3 Å². The molecule has 34 heavy (non-hydrogen) atoms. The van der Waals surface area contributed by atoms with Crippen LogP contribution in [0.2, 0.25) is 5.02 Å². The minimum absolute atomic E-state index is 0.00459. The summed E-state index contributed by atoms with van der Waals surface area (Å²) in [6.07, 6.45) is -4.84. The highest BCUT2D eigenvalue weighted by Gasteiger charge is 2.36. The summed E-state index contributed by atoms with van der Waals surface area (Å²) in [7, 11) is 0. The number of carbonyl (C=O) groups excluding carboxylic acids is 1. The van der Waals surface area contributed by atoms with E-state index in [-0.39, 0.29) is 22.4 Å². The molecule has 6 nitrogen and oxygen atoms in total. The first-order chi connectivity index (χ1) is 16.0. The molecule has 2 aromatic heterocycles. The predicted octanol–water partition coefficient (Wildman–Crippen LogP) is 5.25. The van der Waals surface area contributed by atoms with Crippen molar-refractivity contribution in [3.05, 3.63) is 86.5 Å². The first-order valence-corrected chi connectivity index (χ1v) is 10.4. The average Bonchev–Trinajstić information content (AvgIpc) is 3.09. The highest BCUT2D eigenvalue weighted by atomic mass is 35.5. The molecular formula is C23H17ClF4N4O2. The molecule has 0 aliphatic carbocycles. The van der Waals surface area contributed by atoms with Crippen molar-refractivity contribution in [2.45, 2.75) is 26.6 Å². The van der Waals surface area contributed by atoms with Gasteiger partial charge in [-0.3, -0.25) is 14.2 Å². The molecule has 176 valence electrons. The fourth-order valence-corrected chi connectivity index (χ4v) is 3.89. The number of aryl methyl sites for hydroxylation is 1. The Kier molecular flexibility index (Phi) is 5.94. The first-order valence-electron chi connectivity index (χ1n) is 9.99. The van der Waals surface area contributed by atoms with Crippen LogP contribution in [0.15, 0.2) is 53.3 Å². The van der Waals surface area contributed by atoms with Crippen LogP contribution >= 0.6 is 11.6 Å². The number of nitrogens with zero attached hydrogens (tertiary/aromatic N) is 3. The molecule has 0 saturated carbocycles. The zero-order chi connectivity index (χ0) is 24.8. The van der Waals surface area contributed by atoms with E-state index in [0.717, 1.165) is 10.6 Å². The number of para-hydroxylation sites is 1. The van der Waals surface area contributed by atoms with Crippen LogP contribution in [-0.4, -0.2) is 20.3 Å². The van der Waals surface area contributed by atoms with Gasteiger partial charge >= 0.3 is 6.18 Å². The standard InChI is InChI=1S/C23H17ClF4N4O2/c1-12-15(24)6-5-9-18(12)32-22-21(13(2)30-32)14(23(26,27)28)10-20(34)31(22)11-19(33)29-17-8-4-3-7-16(17)25/h3-10H,11H2,1-2H3,(H,29,33). The van der Waals surface area contributed by atoms with Crippen molar-refractivity contribution in [1.82, 2.24) is 14.3 Å². The predicted molar refractivity (Wildman–Crippen MR) is 120 cm³/mol. The van der Waals surface area contributed by atoms with Gasteiger partial charge in [0.2, 0.25) is 5.91 Å². The molecule has 11 heteroatoms. The monoisotopic (exact) mass is 492 g/mol. The van der Waals surface area contributed by atoms with E-state index in [4.69, 9.17) is 11.6 Å². The third kappa shape index (κ3) is 4.16. The van der Waals surface area contributed by atoms with Gasteiger partial charge in [-0.15, -0.1) is 0 Å². The summed E-state index contributed by atoms with van der Waals surface area (Å²) in [5.74, 6) is -1.50. The molecule has 2 heterocycles. The summed E-state index contributed by atoms with van der Waals surface area (Å²) in [5.41, 5.74) is -1.73. The molecule has 0 aliphatic heterocycles. The Bertz CT molecular complexity index is 1490. The highest BCUT2D eigenvalue weighted by Crippen LogP contribution is 2.36. The molecule has 2 aromatic carbocycles. The number of carbonyl (C=O) groups is 1. The van der Waals surface area contributed by atoms with Gasteiger partial charge in [-0.25, -0.2) is 9.07 Å². The molecule has 0 unspecified atom stereocenters. The van der Waals surface area contributed by atoms with E-state index in [1.807, 2.05) is 0 Å². The topological polar surface area (TPSA) is 68.9 Å². The van der Waals surface area contributed by atoms with Crippen LogP contribution in [0.1, 0.15) is 16.8 Å². The Hall–Kier alpha value is -3.66. The third-order valence-corrected chi connectivity index (χ3v) is 5.73. The smallest absolute Gasteiger partial charge is 0.322 e. The Balaban J connectivity index is 1.95. The van der Waals surface area contributed by atoms with Gasteiger partial charge in [-0.05, 0) is 43.7 Å². The molecule has 0 bridgehead atoms. The molecule has 1 N–H and O–H groups in total. The number of rotatable bonds is 4. The van der Waals surface area contributed by atoms with Crippen LogP contribution < -0.4 is 10.9 Å². The van der Waals surface area contributed by atoms with Crippen molar-refractivity contribution >= 4 is 34.2 Å². The van der Waals surface area contributed by atoms with Crippen molar-refractivity contribution in [1.29, 1.82) is 0 Å². The number of hydrogen-bond acceptors (Lipinski definition) is 3. The van der Waals surface area contributed by atoms with Crippen LogP contribution in [-0.2, 0) is 17.5 Å². The Labute approximate surface area is 195 Å². The molecule has 0 aliphatic rings. The zero-order valence-corrected chi connectivity index (χ0v) is 18.6. The van der Waals surface area contributed by atoms with Crippen LogP contribution in [0.25, 0.3) is 16.7 Å². The summed E-state index contributed by atoms with van der Waals surface area (Å²) in [5, 5.41) is 6.60. The normalized spacial score (nSPS) is 11.7. The molecule has 4 aromatic rings. The fraction of sp³-hybridized carbons (Fsp3) is 0.174. The lowest BCUT2D eigenvalue weighted by molar-refractivity contribution is -0.136. The highest BCUT2D eigenvalue weighted by molar-refractivity contribution is 6.31. The molecule has 1 amide bonds. The lowest BCUT2D eigenvalue weighted by atomic mass is 10.1. The number of halogens is 5. The largest absolute Gasteiger partial charge is 0.417 e. The Morgan fingerprint density at radius 2 is 1.82 bits per heavy atom. The molecule has 0 fully saturated rings. The van der Waals surface area contributed by atoms with E-state index < -0.39 is 35.6 Å². The second-order valence-corrected chi connectivity index (χ2v) is 8.00. The number of fused-ring (bicyclic) bond motifs is 1. The molecule has 0 saturated heterocycles. The Morgan fingerprint density at radius 3 is 2.50 bits per heavy atom. The van der Waals surface area contributed by atoms with Gasteiger partial charge in [0.25, 0.3) is 5.56 Å². The lowest BCUT2D eigenvalue weighted by Crippen LogP contribution is -2.30. The van der Waals surface area contributed by atoms with E-state index in [2.05, 4.69) is 10.4 Å². The van der Waals surface area contributed by atoms with E-state index in [1.54, 1.807) is 25.1 Å². The minimum atomic E-state index is -4.84. The van der Waals surface area contributed by atoms with Crippen LogP contribution in [0, 0.1) is 19.7 Å². The van der Waals surface area contributed by atoms with E-state index in [0.29, 0.717) is 22.3 Å². The molecular weight excluding hydrogens is 476 g/mol. The number of pyridine rings is 1. The summed E-state index contributed by atoms with van der Waals surface area (Å²) in [6.45, 7) is 2.36. The molecule has 0 spiro atoms. The fourth-order valence-electron chi connectivity index (χ4n) is 3.72. The van der Waals surface area contributed by atoms with Gasteiger partial charge in [0.15, 0.2) is 0 Å². The quantitative estimate of drug-likeness (QED) is 0.395.